The molecule has 5 nitrogen and oxygen atoms in total. The fraction of sp³-hybridized carbons (Fsp3) is 0.158. The quantitative estimate of drug-likeness (QED) is 0.805. The Labute approximate surface area is 139 Å². The monoisotopic (exact) mass is 319 g/mol. The minimum absolute atomic E-state index is 0.000925. The molecule has 1 aliphatic rings. The zero-order chi connectivity index (χ0) is 16.5. The molecule has 120 valence electrons. The van der Waals surface area contributed by atoms with E-state index < -0.39 is 0 Å². The normalized spacial score (nSPS) is 16.4. The molecule has 5 heteroatoms. The summed E-state index contributed by atoms with van der Waals surface area (Å²) >= 11 is 0. The first-order chi connectivity index (χ1) is 11.8. The zero-order valence-electron chi connectivity index (χ0n) is 13.3. The summed E-state index contributed by atoms with van der Waals surface area (Å²) in [6.45, 7) is 0. The standard InChI is InChI=1S/C19H17N3O2/c1-24-15-9-5-8-14(10-15)22-12-20-18-16(11-17(23)21-19(18)22)13-6-3-2-4-7-13/h2-10,12,16H,11H2,1H3,(H,21,23)/t16-/m1/s1. The van der Waals surface area contributed by atoms with E-state index in [-0.39, 0.29) is 11.8 Å². The number of methoxy groups -OCH3 is 1. The number of carbonyl (C=O) groups is 1. The van der Waals surface area contributed by atoms with Gasteiger partial charge in [-0.3, -0.25) is 9.36 Å². The van der Waals surface area contributed by atoms with Crippen molar-refractivity contribution in [3.8, 4) is 11.4 Å². The Balaban J connectivity index is 1.81. The van der Waals surface area contributed by atoms with Crippen molar-refractivity contribution >= 4 is 11.7 Å². The number of hydrogen-bond acceptors (Lipinski definition) is 3. The molecular weight excluding hydrogens is 302 g/mol. The van der Waals surface area contributed by atoms with Gasteiger partial charge in [0.1, 0.15) is 17.9 Å². The van der Waals surface area contributed by atoms with Gasteiger partial charge < -0.3 is 10.1 Å². The van der Waals surface area contributed by atoms with Crippen molar-refractivity contribution in [3.63, 3.8) is 0 Å². The average Bonchev–Trinajstić information content (AvgIpc) is 3.05. The Morgan fingerprint density at radius 2 is 2.00 bits per heavy atom. The Bertz CT molecular complexity index is 887. The molecule has 0 fully saturated rings. The van der Waals surface area contributed by atoms with Crippen LogP contribution in [0, 0.1) is 0 Å². The van der Waals surface area contributed by atoms with Gasteiger partial charge in [0.2, 0.25) is 5.91 Å². The van der Waals surface area contributed by atoms with Gasteiger partial charge in [-0.1, -0.05) is 36.4 Å². The van der Waals surface area contributed by atoms with E-state index in [4.69, 9.17) is 4.74 Å². The van der Waals surface area contributed by atoms with E-state index in [0.29, 0.717) is 6.42 Å². The number of carbonyl (C=O) groups excluding carboxylic acids is 1. The van der Waals surface area contributed by atoms with Crippen molar-refractivity contribution in [2.45, 2.75) is 12.3 Å². The van der Waals surface area contributed by atoms with E-state index in [1.807, 2.05) is 59.2 Å². The van der Waals surface area contributed by atoms with E-state index in [1.54, 1.807) is 13.4 Å². The van der Waals surface area contributed by atoms with Gasteiger partial charge in [0.05, 0.1) is 18.5 Å². The number of anilines is 1. The maximum Gasteiger partial charge on any atom is 0.226 e. The maximum absolute atomic E-state index is 12.2. The number of fused-ring (bicyclic) bond motifs is 1. The Kier molecular flexibility index (Phi) is 3.54. The number of benzene rings is 2. The largest absolute Gasteiger partial charge is 0.497 e. The van der Waals surface area contributed by atoms with Crippen molar-refractivity contribution in [2.75, 3.05) is 12.4 Å². The molecule has 0 unspecified atom stereocenters. The second kappa shape index (κ2) is 5.85. The van der Waals surface area contributed by atoms with Crippen LogP contribution < -0.4 is 10.1 Å². The molecule has 2 heterocycles. The number of hydrogen-bond donors (Lipinski definition) is 1. The molecule has 0 saturated heterocycles. The second-order valence-electron chi connectivity index (χ2n) is 5.77. The number of aromatic nitrogens is 2. The first-order valence-electron chi connectivity index (χ1n) is 7.82. The van der Waals surface area contributed by atoms with Crippen LogP contribution in [0.25, 0.3) is 5.69 Å². The molecule has 1 atom stereocenters. The van der Waals surface area contributed by atoms with Gasteiger partial charge in [-0.25, -0.2) is 4.98 Å². The van der Waals surface area contributed by atoms with Crippen molar-refractivity contribution in [1.82, 2.24) is 9.55 Å². The lowest BCUT2D eigenvalue weighted by molar-refractivity contribution is -0.116. The van der Waals surface area contributed by atoms with Gasteiger partial charge in [0.15, 0.2) is 0 Å². The van der Waals surface area contributed by atoms with E-state index in [9.17, 15) is 4.79 Å². The predicted molar refractivity (Wildman–Crippen MR) is 91.6 cm³/mol. The summed E-state index contributed by atoms with van der Waals surface area (Å²) in [5.74, 6) is 1.47. The lowest BCUT2D eigenvalue weighted by atomic mass is 9.90. The highest BCUT2D eigenvalue weighted by molar-refractivity contribution is 5.94. The highest BCUT2D eigenvalue weighted by Crippen LogP contribution is 2.37. The third-order valence-electron chi connectivity index (χ3n) is 4.31. The number of imidazole rings is 1. The summed E-state index contributed by atoms with van der Waals surface area (Å²) in [7, 11) is 1.63. The highest BCUT2D eigenvalue weighted by Gasteiger charge is 2.30. The Morgan fingerprint density at radius 3 is 2.79 bits per heavy atom. The molecule has 4 rings (SSSR count). The molecule has 1 aliphatic heterocycles. The number of nitrogens with zero attached hydrogens (tertiary/aromatic N) is 2. The van der Waals surface area contributed by atoms with Crippen LogP contribution in [-0.2, 0) is 4.79 Å². The van der Waals surface area contributed by atoms with Crippen molar-refractivity contribution in [3.05, 3.63) is 72.2 Å². The van der Waals surface area contributed by atoms with Crippen LogP contribution in [0.4, 0.5) is 5.82 Å². The molecule has 0 spiro atoms. The fourth-order valence-electron chi connectivity index (χ4n) is 3.12. The zero-order valence-corrected chi connectivity index (χ0v) is 13.3. The molecule has 24 heavy (non-hydrogen) atoms. The van der Waals surface area contributed by atoms with Crippen LogP contribution in [-0.4, -0.2) is 22.6 Å². The van der Waals surface area contributed by atoms with E-state index in [0.717, 1.165) is 28.5 Å². The fourth-order valence-corrected chi connectivity index (χ4v) is 3.12. The molecule has 0 aliphatic carbocycles. The summed E-state index contributed by atoms with van der Waals surface area (Å²) in [6.07, 6.45) is 2.16. The smallest absolute Gasteiger partial charge is 0.226 e. The lowest BCUT2D eigenvalue weighted by Gasteiger charge is -2.23. The van der Waals surface area contributed by atoms with E-state index in [1.165, 1.54) is 0 Å². The Hall–Kier alpha value is -3.08. The first kappa shape index (κ1) is 14.5. The third-order valence-corrected chi connectivity index (χ3v) is 4.31. The van der Waals surface area contributed by atoms with Crippen LogP contribution >= 0.6 is 0 Å². The van der Waals surface area contributed by atoms with Crippen LogP contribution in [0.2, 0.25) is 0 Å². The lowest BCUT2D eigenvalue weighted by Crippen LogP contribution is -2.24. The molecule has 3 aromatic rings. The van der Waals surface area contributed by atoms with Crippen molar-refractivity contribution in [2.24, 2.45) is 0 Å². The highest BCUT2D eigenvalue weighted by atomic mass is 16.5. The SMILES string of the molecule is COc1cccc(-n2cnc3c2NC(=O)C[C@@H]3c2ccccc2)c1. The van der Waals surface area contributed by atoms with Crippen LogP contribution in [0.5, 0.6) is 5.75 Å². The minimum Gasteiger partial charge on any atom is -0.497 e. The summed E-state index contributed by atoms with van der Waals surface area (Å²) in [6, 6.07) is 17.7. The second-order valence-corrected chi connectivity index (χ2v) is 5.77. The van der Waals surface area contributed by atoms with Crippen molar-refractivity contribution < 1.29 is 9.53 Å². The van der Waals surface area contributed by atoms with Crippen LogP contribution in [0.15, 0.2) is 60.9 Å². The third kappa shape index (κ3) is 2.44. The minimum atomic E-state index is -0.0261. The molecular formula is C19H17N3O2. The maximum atomic E-state index is 12.2. The number of ether oxygens (including phenoxy) is 1. The van der Waals surface area contributed by atoms with Crippen LogP contribution in [0.1, 0.15) is 23.6 Å². The van der Waals surface area contributed by atoms with Gasteiger partial charge in [0, 0.05) is 18.4 Å². The van der Waals surface area contributed by atoms with E-state index in [2.05, 4.69) is 10.3 Å². The molecule has 1 N–H and O–H groups in total. The van der Waals surface area contributed by atoms with Gasteiger partial charge in [-0.05, 0) is 17.7 Å². The van der Waals surface area contributed by atoms with Gasteiger partial charge in [-0.15, -0.1) is 0 Å². The molecule has 0 saturated carbocycles. The molecule has 1 aromatic heterocycles. The number of nitrogens with one attached hydrogen (secondary N) is 1. The number of amides is 1. The first-order valence-corrected chi connectivity index (χ1v) is 7.82. The number of rotatable bonds is 3. The predicted octanol–water partition coefficient (Wildman–Crippen LogP) is 3.36. The van der Waals surface area contributed by atoms with Gasteiger partial charge >= 0.3 is 0 Å². The van der Waals surface area contributed by atoms with Gasteiger partial charge in [0.25, 0.3) is 0 Å². The average molecular weight is 319 g/mol. The summed E-state index contributed by atoms with van der Waals surface area (Å²) in [5.41, 5.74) is 2.89. The molecule has 2 aromatic carbocycles. The molecule has 1 amide bonds. The summed E-state index contributed by atoms with van der Waals surface area (Å²) < 4.78 is 7.18. The molecule has 0 radical (unpaired) electrons. The summed E-state index contributed by atoms with van der Waals surface area (Å²) in [4.78, 5) is 16.8. The summed E-state index contributed by atoms with van der Waals surface area (Å²) in [5, 5.41) is 2.96. The van der Waals surface area contributed by atoms with Crippen molar-refractivity contribution in [1.29, 1.82) is 0 Å². The Morgan fingerprint density at radius 1 is 1.17 bits per heavy atom. The van der Waals surface area contributed by atoms with E-state index >= 15 is 0 Å². The van der Waals surface area contributed by atoms with Crippen LogP contribution in [0.3, 0.4) is 0 Å². The van der Waals surface area contributed by atoms with Gasteiger partial charge in [-0.2, -0.15) is 0 Å². The molecule has 0 bridgehead atoms. The topological polar surface area (TPSA) is 56.1 Å².